The molecule has 1 unspecified atom stereocenters. The lowest BCUT2D eigenvalue weighted by Gasteiger charge is -2.22. The van der Waals surface area contributed by atoms with Crippen molar-refractivity contribution < 1.29 is 9.53 Å². The molecule has 1 aliphatic heterocycles. The number of amides is 1. The second kappa shape index (κ2) is 7.46. The molecule has 0 saturated carbocycles. The average Bonchev–Trinajstić information content (AvgIpc) is 3.20. The molecule has 0 fully saturated rings. The Morgan fingerprint density at radius 3 is 2.19 bits per heavy atom. The van der Waals surface area contributed by atoms with Gasteiger partial charge < -0.3 is 4.74 Å². The van der Waals surface area contributed by atoms with Gasteiger partial charge in [0.1, 0.15) is 5.75 Å². The first-order valence-electron chi connectivity index (χ1n) is 8.92. The highest BCUT2D eigenvalue weighted by Crippen LogP contribution is 2.34. The van der Waals surface area contributed by atoms with E-state index >= 15 is 0 Å². The van der Waals surface area contributed by atoms with Gasteiger partial charge in [-0.05, 0) is 47.5 Å². The lowest BCUT2D eigenvalue weighted by Crippen LogP contribution is -2.27. The van der Waals surface area contributed by atoms with Crippen LogP contribution >= 0.6 is 0 Å². The van der Waals surface area contributed by atoms with Crippen LogP contribution in [0, 0.1) is 0 Å². The Kier molecular flexibility index (Phi) is 4.71. The topological polar surface area (TPSA) is 41.9 Å². The Bertz CT molecular complexity index is 951. The summed E-state index contributed by atoms with van der Waals surface area (Å²) in [4.78, 5) is 13.1. The molecule has 134 valence electrons. The number of benzene rings is 3. The van der Waals surface area contributed by atoms with Gasteiger partial charge in [-0.25, -0.2) is 5.01 Å². The summed E-state index contributed by atoms with van der Waals surface area (Å²) in [6.07, 6.45) is 0.676. The number of rotatable bonds is 4. The number of hydrogen-bond donors (Lipinski definition) is 0. The molecule has 1 amide bonds. The van der Waals surface area contributed by atoms with Crippen molar-refractivity contribution in [2.45, 2.75) is 12.5 Å². The molecule has 4 nitrogen and oxygen atoms in total. The maximum Gasteiger partial charge on any atom is 0.274 e. The molecule has 27 heavy (non-hydrogen) atoms. The Morgan fingerprint density at radius 2 is 1.56 bits per heavy atom. The van der Waals surface area contributed by atoms with E-state index in [4.69, 9.17) is 9.84 Å². The molecule has 0 aromatic heterocycles. The first-order chi connectivity index (χ1) is 13.3. The van der Waals surface area contributed by atoms with E-state index in [1.54, 1.807) is 12.1 Å². The van der Waals surface area contributed by atoms with Crippen LogP contribution in [0.1, 0.15) is 33.9 Å². The number of ether oxygens (including phenoxy) is 1. The van der Waals surface area contributed by atoms with Crippen LogP contribution in [0.3, 0.4) is 0 Å². The maximum absolute atomic E-state index is 13.1. The van der Waals surface area contributed by atoms with Crippen LogP contribution < -0.4 is 4.74 Å². The van der Waals surface area contributed by atoms with Gasteiger partial charge in [0.05, 0.1) is 18.9 Å². The fourth-order valence-corrected chi connectivity index (χ4v) is 3.30. The second-order valence-corrected chi connectivity index (χ2v) is 6.42. The standard InChI is InChI=1S/C23H20N2O2/c1-27-20-14-12-17(13-15-20)21-16-22(18-8-4-2-5-9-18)25(24-21)23(26)19-10-6-3-7-11-19/h2-15,22H,16H2,1H3. The van der Waals surface area contributed by atoms with E-state index < -0.39 is 0 Å². The van der Waals surface area contributed by atoms with E-state index in [9.17, 15) is 4.79 Å². The van der Waals surface area contributed by atoms with Crippen molar-refractivity contribution in [1.82, 2.24) is 5.01 Å². The highest BCUT2D eigenvalue weighted by atomic mass is 16.5. The zero-order chi connectivity index (χ0) is 18.6. The van der Waals surface area contributed by atoms with Crippen molar-refractivity contribution in [3.05, 3.63) is 102 Å². The SMILES string of the molecule is COc1ccc(C2=NN(C(=O)c3ccccc3)C(c3ccccc3)C2)cc1. The molecule has 3 aromatic carbocycles. The van der Waals surface area contributed by atoms with Gasteiger partial charge in [0, 0.05) is 12.0 Å². The summed E-state index contributed by atoms with van der Waals surface area (Å²) in [6, 6.07) is 27.0. The largest absolute Gasteiger partial charge is 0.497 e. The molecule has 1 heterocycles. The molecule has 3 aromatic rings. The van der Waals surface area contributed by atoms with Crippen LogP contribution in [0.15, 0.2) is 90.0 Å². The molecule has 1 aliphatic rings. The van der Waals surface area contributed by atoms with Crippen LogP contribution in [0.4, 0.5) is 0 Å². The fraction of sp³-hybridized carbons (Fsp3) is 0.130. The first kappa shape index (κ1) is 17.0. The van der Waals surface area contributed by atoms with Gasteiger partial charge >= 0.3 is 0 Å². The summed E-state index contributed by atoms with van der Waals surface area (Å²) in [6.45, 7) is 0. The Balaban J connectivity index is 1.70. The first-order valence-corrected chi connectivity index (χ1v) is 8.92. The fourth-order valence-electron chi connectivity index (χ4n) is 3.30. The summed E-state index contributed by atoms with van der Waals surface area (Å²) < 4.78 is 5.24. The lowest BCUT2D eigenvalue weighted by atomic mass is 9.98. The molecule has 0 saturated heterocycles. The molecule has 0 bridgehead atoms. The van der Waals surface area contributed by atoms with E-state index in [0.717, 1.165) is 22.6 Å². The number of methoxy groups -OCH3 is 1. The van der Waals surface area contributed by atoms with E-state index in [1.165, 1.54) is 0 Å². The van der Waals surface area contributed by atoms with Crippen LogP contribution in [0.25, 0.3) is 0 Å². The molecule has 0 spiro atoms. The van der Waals surface area contributed by atoms with Gasteiger partial charge in [-0.15, -0.1) is 0 Å². The number of carbonyl (C=O) groups is 1. The molecule has 4 heteroatoms. The predicted molar refractivity (Wildman–Crippen MR) is 106 cm³/mol. The quantitative estimate of drug-likeness (QED) is 0.681. The van der Waals surface area contributed by atoms with Crippen molar-refractivity contribution >= 4 is 11.6 Å². The Hall–Kier alpha value is -3.40. The van der Waals surface area contributed by atoms with E-state index in [0.29, 0.717) is 12.0 Å². The minimum Gasteiger partial charge on any atom is -0.497 e. The Labute approximate surface area is 158 Å². The number of hydrogen-bond acceptors (Lipinski definition) is 3. The number of carbonyl (C=O) groups excluding carboxylic acids is 1. The minimum absolute atomic E-state index is 0.0898. The molecular weight excluding hydrogens is 336 g/mol. The zero-order valence-corrected chi connectivity index (χ0v) is 15.1. The molecule has 1 atom stereocenters. The monoisotopic (exact) mass is 356 g/mol. The van der Waals surface area contributed by atoms with Gasteiger partial charge in [-0.1, -0.05) is 48.5 Å². The summed E-state index contributed by atoms with van der Waals surface area (Å²) in [5.41, 5.74) is 3.61. The normalized spacial score (nSPS) is 16.1. The van der Waals surface area contributed by atoms with Crippen molar-refractivity contribution in [3.8, 4) is 5.75 Å². The van der Waals surface area contributed by atoms with E-state index in [-0.39, 0.29) is 11.9 Å². The minimum atomic E-state index is -0.115. The van der Waals surface area contributed by atoms with Crippen molar-refractivity contribution in [3.63, 3.8) is 0 Å². The number of hydrazone groups is 1. The highest BCUT2D eigenvalue weighted by Gasteiger charge is 2.33. The molecular formula is C23H20N2O2. The van der Waals surface area contributed by atoms with E-state index in [1.807, 2.05) is 84.9 Å². The zero-order valence-electron chi connectivity index (χ0n) is 15.1. The summed E-state index contributed by atoms with van der Waals surface area (Å²) in [5, 5.41) is 6.32. The predicted octanol–water partition coefficient (Wildman–Crippen LogP) is 4.69. The highest BCUT2D eigenvalue weighted by molar-refractivity contribution is 6.05. The third-order valence-corrected chi connectivity index (χ3v) is 4.75. The Morgan fingerprint density at radius 1 is 0.926 bits per heavy atom. The van der Waals surface area contributed by atoms with Crippen LogP contribution in [0.2, 0.25) is 0 Å². The van der Waals surface area contributed by atoms with Crippen LogP contribution in [0.5, 0.6) is 5.75 Å². The second-order valence-electron chi connectivity index (χ2n) is 6.42. The smallest absolute Gasteiger partial charge is 0.274 e. The molecule has 0 radical (unpaired) electrons. The van der Waals surface area contributed by atoms with Crippen molar-refractivity contribution in [1.29, 1.82) is 0 Å². The summed E-state index contributed by atoms with van der Waals surface area (Å²) >= 11 is 0. The summed E-state index contributed by atoms with van der Waals surface area (Å²) in [7, 11) is 1.65. The van der Waals surface area contributed by atoms with Gasteiger partial charge in [-0.3, -0.25) is 4.79 Å². The number of nitrogens with zero attached hydrogens (tertiary/aromatic N) is 2. The van der Waals surface area contributed by atoms with Gasteiger partial charge in [0.15, 0.2) is 0 Å². The van der Waals surface area contributed by atoms with Gasteiger partial charge in [-0.2, -0.15) is 5.10 Å². The third kappa shape index (κ3) is 3.47. The van der Waals surface area contributed by atoms with Crippen molar-refractivity contribution in [2.75, 3.05) is 7.11 Å². The maximum atomic E-state index is 13.1. The van der Waals surface area contributed by atoms with Crippen molar-refractivity contribution in [2.24, 2.45) is 5.10 Å². The molecule has 0 N–H and O–H groups in total. The molecule has 0 aliphatic carbocycles. The third-order valence-electron chi connectivity index (χ3n) is 4.75. The lowest BCUT2D eigenvalue weighted by molar-refractivity contribution is 0.0711. The molecule has 4 rings (SSSR count). The van der Waals surface area contributed by atoms with Crippen LogP contribution in [-0.4, -0.2) is 23.7 Å². The van der Waals surface area contributed by atoms with Gasteiger partial charge in [0.25, 0.3) is 5.91 Å². The van der Waals surface area contributed by atoms with E-state index in [2.05, 4.69) is 0 Å². The average molecular weight is 356 g/mol. The van der Waals surface area contributed by atoms with Crippen LogP contribution in [-0.2, 0) is 0 Å². The summed E-state index contributed by atoms with van der Waals surface area (Å²) in [5.74, 6) is 0.710. The van der Waals surface area contributed by atoms with Gasteiger partial charge in [0.2, 0.25) is 0 Å².